The Balaban J connectivity index is 0.00000202. The quantitative estimate of drug-likeness (QED) is 0.122. The molecule has 0 saturated heterocycles. The van der Waals surface area contributed by atoms with Gasteiger partial charge in [-0.3, -0.25) is 0 Å². The Hall–Kier alpha value is -3.58. The Morgan fingerprint density at radius 1 is 0.833 bits per heavy atom. The maximum absolute atomic E-state index is 13.5. The van der Waals surface area contributed by atoms with Crippen LogP contribution in [0.3, 0.4) is 0 Å². The first-order valence-electron chi connectivity index (χ1n) is 12.8. The van der Waals surface area contributed by atoms with Crippen LogP contribution in [0.5, 0.6) is 11.5 Å². The Bertz CT molecular complexity index is 1910. The van der Waals surface area contributed by atoms with Crippen molar-refractivity contribution in [2.75, 3.05) is 13.2 Å². The molecule has 2 N–H and O–H groups in total. The summed E-state index contributed by atoms with van der Waals surface area (Å²) in [7, 11) is 0. The van der Waals surface area contributed by atoms with Crippen LogP contribution < -0.4 is 13.9 Å². The smallest absolute Gasteiger partial charge is 0.286 e. The average molecular weight is 648 g/mol. The Kier molecular flexibility index (Phi) is 10.2. The molecule has 0 aliphatic rings. The van der Waals surface area contributed by atoms with Crippen molar-refractivity contribution >= 4 is 81.4 Å². The first kappa shape index (κ1) is 31.4. The second kappa shape index (κ2) is 13.6. The molecule has 0 aliphatic heterocycles. The minimum atomic E-state index is 0. The highest BCUT2D eigenvalue weighted by atomic mass is 35.5. The highest BCUT2D eigenvalue weighted by Crippen LogP contribution is 2.30. The van der Waals surface area contributed by atoms with Crippen molar-refractivity contribution in [3.8, 4) is 11.5 Å². The summed E-state index contributed by atoms with van der Waals surface area (Å²) in [6, 6.07) is 18.2. The highest BCUT2D eigenvalue weighted by Gasteiger charge is 2.24. The number of aromatic amines is 2. The molecule has 3 aromatic carbocycles. The van der Waals surface area contributed by atoms with Crippen LogP contribution in [0.25, 0.3) is 33.1 Å². The third-order valence-corrected chi connectivity index (χ3v) is 8.09. The molecule has 14 heteroatoms. The molecular formula is C28H28Cl2N6O4S2. The Labute approximate surface area is 261 Å². The van der Waals surface area contributed by atoms with Gasteiger partial charge in [0.15, 0.2) is 10.3 Å². The normalized spacial score (nSPS) is 11.0. The molecule has 220 valence electrons. The number of hydrogen-bond donors (Lipinski definition) is 2. The van der Waals surface area contributed by atoms with Gasteiger partial charge in [-0.1, -0.05) is 35.7 Å². The van der Waals surface area contributed by atoms with Gasteiger partial charge in [0.2, 0.25) is 0 Å². The number of ether oxygens (including phenoxy) is 2. The van der Waals surface area contributed by atoms with Crippen molar-refractivity contribution < 1.29 is 13.9 Å². The first-order chi connectivity index (χ1) is 19.5. The molecule has 0 atom stereocenters. The van der Waals surface area contributed by atoms with E-state index in [9.17, 15) is 10.1 Å². The average Bonchev–Trinajstić information content (AvgIpc) is 3.56. The van der Waals surface area contributed by atoms with Crippen LogP contribution in [0.15, 0.2) is 71.0 Å². The molecule has 3 aromatic heterocycles. The van der Waals surface area contributed by atoms with Crippen LogP contribution >= 0.6 is 48.3 Å². The molecule has 10 nitrogen and oxygen atoms in total. The Morgan fingerprint density at radius 3 is 1.95 bits per heavy atom. The monoisotopic (exact) mass is 646 g/mol. The predicted octanol–water partition coefficient (Wildman–Crippen LogP) is 6.88. The molecule has 42 heavy (non-hydrogen) atoms. The molecule has 6 rings (SSSR count). The van der Waals surface area contributed by atoms with E-state index in [0.29, 0.717) is 45.9 Å². The second-order valence-electron chi connectivity index (χ2n) is 8.86. The number of imidazole rings is 2. The molecule has 0 amide bonds. The van der Waals surface area contributed by atoms with Crippen molar-refractivity contribution in [2.45, 2.75) is 35.7 Å². The van der Waals surface area contributed by atoms with Crippen LogP contribution in [0.4, 0.5) is 0 Å². The summed E-state index contributed by atoms with van der Waals surface area (Å²) >= 11 is 2.74. The fourth-order valence-corrected chi connectivity index (χ4v) is 6.28. The fraction of sp³-hybridized carbons (Fsp3) is 0.214. The van der Waals surface area contributed by atoms with Gasteiger partial charge in [-0.05, 0) is 44.2 Å². The van der Waals surface area contributed by atoms with Gasteiger partial charge in [-0.25, -0.2) is 9.97 Å². The first-order valence-corrected chi connectivity index (χ1v) is 14.8. The number of rotatable bonds is 10. The number of H-pyrrole nitrogens is 2. The van der Waals surface area contributed by atoms with Gasteiger partial charge in [0.1, 0.15) is 17.0 Å². The van der Waals surface area contributed by atoms with Gasteiger partial charge in [0, 0.05) is 28.9 Å². The van der Waals surface area contributed by atoms with Gasteiger partial charge in [-0.15, -0.1) is 24.8 Å². The zero-order chi connectivity index (χ0) is 27.6. The molecule has 0 aliphatic carbocycles. The highest BCUT2D eigenvalue weighted by molar-refractivity contribution is 7.98. The third-order valence-electron chi connectivity index (χ3n) is 6.32. The zero-order valence-electron chi connectivity index (χ0n) is 22.7. The van der Waals surface area contributed by atoms with E-state index in [1.165, 1.54) is 23.5 Å². The number of para-hydroxylation sites is 2. The fourth-order valence-electron chi connectivity index (χ4n) is 4.47. The number of nitrogens with zero attached hydrogens (tertiary/aromatic N) is 4. The molecule has 0 spiro atoms. The number of nitrogens with one attached hydrogen (secondary N) is 2. The summed E-state index contributed by atoms with van der Waals surface area (Å²) in [5.41, 5.74) is 4.66. The van der Waals surface area contributed by atoms with Crippen LogP contribution in [0, 0.1) is 10.1 Å². The maximum Gasteiger partial charge on any atom is 0.286 e. The molecule has 6 aromatic rings. The summed E-state index contributed by atoms with van der Waals surface area (Å²) in [6.45, 7) is 5.02. The van der Waals surface area contributed by atoms with Crippen molar-refractivity contribution in [1.82, 2.24) is 24.7 Å². The van der Waals surface area contributed by atoms with Gasteiger partial charge < -0.3 is 29.4 Å². The number of benzene rings is 3. The SMILES string of the molecule is CCOc1ccc2nc(SCc3c(CSc4nc5ccc(OCC)cc5[nH]4)[n+](=O)c4ccccc4n3[O-])[nH]c2c1.Cl.Cl. The van der Waals surface area contributed by atoms with Crippen LogP contribution in [-0.2, 0) is 11.5 Å². The lowest BCUT2D eigenvalue weighted by molar-refractivity contribution is -0.474. The number of thioether (sulfide) groups is 2. The van der Waals surface area contributed by atoms with E-state index in [1.54, 1.807) is 24.3 Å². The number of hydrogen-bond acceptors (Lipinski definition) is 8. The summed E-state index contributed by atoms with van der Waals surface area (Å²) in [4.78, 5) is 29.4. The topological polar surface area (TPSA) is 127 Å². The standard InChI is InChI=1S/C28H26N6O4S2.2ClH/c1-3-37-17-9-11-19-21(13-17)31-27(29-19)39-15-25-26(34(36)24-8-6-5-7-23(24)33(25)35)16-40-28-30-20-12-10-18(38-4-2)14-22(20)32-28;;/h5-14H,3-4,15-16H2,1-2H3,(H,29,31)(H,30,32);2*1H. The molecule has 0 bridgehead atoms. The Morgan fingerprint density at radius 2 is 1.38 bits per heavy atom. The summed E-state index contributed by atoms with van der Waals surface area (Å²) in [5, 5.41) is 14.8. The molecule has 0 fully saturated rings. The lowest BCUT2D eigenvalue weighted by atomic mass is 10.2. The summed E-state index contributed by atoms with van der Waals surface area (Å²) in [5.74, 6) is 2.02. The van der Waals surface area contributed by atoms with Gasteiger partial charge >= 0.3 is 0 Å². The van der Waals surface area contributed by atoms with Gasteiger partial charge in [0.05, 0.1) is 51.2 Å². The third kappa shape index (κ3) is 6.26. The molecule has 0 radical (unpaired) electrons. The molecule has 3 heterocycles. The zero-order valence-corrected chi connectivity index (χ0v) is 25.9. The number of fused-ring (bicyclic) bond motifs is 3. The van der Waals surface area contributed by atoms with Crippen molar-refractivity contribution in [1.29, 1.82) is 0 Å². The van der Waals surface area contributed by atoms with Gasteiger partial charge in [-0.2, -0.15) is 0 Å². The van der Waals surface area contributed by atoms with E-state index in [2.05, 4.69) is 19.9 Å². The lowest BCUT2D eigenvalue weighted by Gasteiger charge is -2.18. The van der Waals surface area contributed by atoms with Gasteiger partial charge in [0.25, 0.3) is 11.2 Å². The number of aromatic nitrogens is 6. The van der Waals surface area contributed by atoms with Crippen molar-refractivity contribution in [3.63, 3.8) is 0 Å². The molecule has 0 saturated carbocycles. The largest absolute Gasteiger partial charge is 0.805 e. The van der Waals surface area contributed by atoms with E-state index in [1.807, 2.05) is 50.2 Å². The van der Waals surface area contributed by atoms with E-state index in [0.717, 1.165) is 42.7 Å². The van der Waals surface area contributed by atoms with Crippen LogP contribution in [-0.4, -0.2) is 37.9 Å². The summed E-state index contributed by atoms with van der Waals surface area (Å²) < 4.78 is 12.9. The minimum Gasteiger partial charge on any atom is -0.805 e. The lowest BCUT2D eigenvalue weighted by Crippen LogP contribution is -2.27. The van der Waals surface area contributed by atoms with Crippen LogP contribution in [0.1, 0.15) is 25.2 Å². The number of halogens is 2. The van der Waals surface area contributed by atoms with Crippen LogP contribution in [0.2, 0.25) is 0 Å². The maximum atomic E-state index is 13.5. The van der Waals surface area contributed by atoms with Crippen molar-refractivity contribution in [2.24, 2.45) is 0 Å². The van der Waals surface area contributed by atoms with E-state index in [-0.39, 0.29) is 36.3 Å². The summed E-state index contributed by atoms with van der Waals surface area (Å²) in [6.07, 6.45) is 0. The predicted molar refractivity (Wildman–Crippen MR) is 172 cm³/mol. The van der Waals surface area contributed by atoms with E-state index in [4.69, 9.17) is 9.47 Å². The molecule has 0 unspecified atom stereocenters. The van der Waals surface area contributed by atoms with Crippen molar-refractivity contribution in [3.05, 3.63) is 82.2 Å². The minimum absolute atomic E-state index is 0. The second-order valence-corrected chi connectivity index (χ2v) is 10.8. The van der Waals surface area contributed by atoms with E-state index < -0.39 is 0 Å². The molecular weight excluding hydrogens is 619 g/mol. The van der Waals surface area contributed by atoms with E-state index >= 15 is 0 Å².